The van der Waals surface area contributed by atoms with Crippen molar-refractivity contribution in [3.8, 4) is 5.75 Å². The second kappa shape index (κ2) is 10.5. The minimum atomic E-state index is -0.288. The minimum Gasteiger partial charge on any atom is -0.497 e. The van der Waals surface area contributed by atoms with Crippen LogP contribution in [0.4, 0.5) is 0 Å². The maximum atomic E-state index is 13.2. The average Bonchev–Trinajstić information content (AvgIpc) is 3.28. The van der Waals surface area contributed by atoms with Crippen molar-refractivity contribution < 1.29 is 9.53 Å². The van der Waals surface area contributed by atoms with E-state index in [1.54, 1.807) is 18.6 Å². The van der Waals surface area contributed by atoms with Crippen LogP contribution in [0.5, 0.6) is 5.75 Å². The Hall–Kier alpha value is -2.09. The number of methoxy groups -OCH3 is 1. The zero-order chi connectivity index (χ0) is 20.5. The van der Waals surface area contributed by atoms with E-state index in [0.29, 0.717) is 30.5 Å². The predicted octanol–water partition coefficient (Wildman–Crippen LogP) is 2.52. The fraction of sp³-hybridized carbons (Fsp3) is 0.500. The first-order valence-electron chi connectivity index (χ1n) is 10.2. The third-order valence-electron chi connectivity index (χ3n) is 6.24. The molecule has 2 aromatic rings. The maximum Gasteiger partial charge on any atom is 0.347 e. The number of rotatable bonds is 5. The lowest BCUT2D eigenvalue weighted by atomic mass is 9.89. The van der Waals surface area contributed by atoms with Gasteiger partial charge in [0, 0.05) is 49.9 Å². The van der Waals surface area contributed by atoms with E-state index in [2.05, 4.69) is 22.4 Å². The van der Waals surface area contributed by atoms with Gasteiger partial charge >= 0.3 is 5.69 Å². The van der Waals surface area contributed by atoms with E-state index in [1.165, 1.54) is 0 Å². The summed E-state index contributed by atoms with van der Waals surface area (Å²) >= 11 is 0. The summed E-state index contributed by atoms with van der Waals surface area (Å²) in [6.45, 7) is 6.67. The third kappa shape index (κ3) is 5.05. The van der Waals surface area contributed by atoms with E-state index < -0.39 is 0 Å². The van der Waals surface area contributed by atoms with Gasteiger partial charge in [0.15, 0.2) is 0 Å². The molecule has 2 aliphatic heterocycles. The molecule has 0 saturated carbocycles. The number of fused-ring (bicyclic) bond motifs is 1. The monoisotopic (exact) mass is 468 g/mol. The minimum absolute atomic E-state index is 0. The van der Waals surface area contributed by atoms with E-state index in [9.17, 15) is 9.59 Å². The zero-order valence-corrected chi connectivity index (χ0v) is 19.7. The van der Waals surface area contributed by atoms with Crippen LogP contribution in [0.2, 0.25) is 0 Å². The second-order valence-electron chi connectivity index (χ2n) is 8.07. The highest BCUT2D eigenvalue weighted by Gasteiger charge is 2.46. The third-order valence-corrected chi connectivity index (χ3v) is 6.24. The summed E-state index contributed by atoms with van der Waals surface area (Å²) in [6, 6.07) is 9.95. The molecule has 0 spiro atoms. The van der Waals surface area contributed by atoms with E-state index in [1.807, 2.05) is 30.0 Å². The first-order valence-corrected chi connectivity index (χ1v) is 10.2. The fourth-order valence-corrected chi connectivity index (χ4v) is 4.80. The van der Waals surface area contributed by atoms with Crippen LogP contribution in [0, 0.1) is 25.7 Å². The summed E-state index contributed by atoms with van der Waals surface area (Å²) in [7, 11) is 1.65. The lowest BCUT2D eigenvalue weighted by Gasteiger charge is -2.29. The SMILES string of the molecule is COc1ccc([C@@H]2[C@H]3CNC[C@H]3CN2C(=O)CCn2c(C)cc(C)nc2=O)cc1.Cl.Cl. The molecule has 4 rings (SSSR count). The van der Waals surface area contributed by atoms with Crippen LogP contribution in [0.3, 0.4) is 0 Å². The Balaban J connectivity index is 0.00000171. The Bertz CT molecular complexity index is 964. The predicted molar refractivity (Wildman–Crippen MR) is 124 cm³/mol. The van der Waals surface area contributed by atoms with Gasteiger partial charge in [-0.2, -0.15) is 4.98 Å². The van der Waals surface area contributed by atoms with Crippen molar-refractivity contribution in [3.05, 3.63) is 57.8 Å². The topological polar surface area (TPSA) is 76.5 Å². The quantitative estimate of drug-likeness (QED) is 0.729. The van der Waals surface area contributed by atoms with Gasteiger partial charge < -0.3 is 15.0 Å². The molecule has 3 heterocycles. The molecule has 7 nitrogen and oxygen atoms in total. The highest BCUT2D eigenvalue weighted by Crippen LogP contribution is 2.43. The van der Waals surface area contributed by atoms with Crippen LogP contribution in [-0.2, 0) is 11.3 Å². The van der Waals surface area contributed by atoms with Gasteiger partial charge in [-0.05, 0) is 43.5 Å². The van der Waals surface area contributed by atoms with Gasteiger partial charge in [-0.15, -0.1) is 24.8 Å². The van der Waals surface area contributed by atoms with E-state index >= 15 is 0 Å². The van der Waals surface area contributed by atoms with Crippen molar-refractivity contribution in [2.75, 3.05) is 26.7 Å². The number of amides is 1. The van der Waals surface area contributed by atoms with E-state index in [0.717, 1.165) is 36.6 Å². The molecule has 1 aromatic heterocycles. The summed E-state index contributed by atoms with van der Waals surface area (Å²) in [5, 5.41) is 3.47. The number of carbonyl (C=O) groups excluding carboxylic acids is 1. The molecule has 2 saturated heterocycles. The van der Waals surface area contributed by atoms with E-state index in [-0.39, 0.29) is 42.5 Å². The van der Waals surface area contributed by atoms with Crippen molar-refractivity contribution in [2.24, 2.45) is 11.8 Å². The molecular formula is C22H30Cl2N4O3. The van der Waals surface area contributed by atoms with E-state index in [4.69, 9.17) is 4.74 Å². The summed E-state index contributed by atoms with van der Waals surface area (Å²) in [6.07, 6.45) is 0.297. The summed E-state index contributed by atoms with van der Waals surface area (Å²) in [5.74, 6) is 1.79. The van der Waals surface area contributed by atoms with Crippen molar-refractivity contribution >= 4 is 30.7 Å². The lowest BCUT2D eigenvalue weighted by Crippen LogP contribution is -2.36. The number of hydrogen-bond donors (Lipinski definition) is 1. The van der Waals surface area contributed by atoms with Gasteiger partial charge in [-0.25, -0.2) is 4.79 Å². The molecule has 1 N–H and O–H groups in total. The number of aryl methyl sites for hydroxylation is 2. The van der Waals surface area contributed by atoms with Gasteiger partial charge in [0.1, 0.15) is 5.75 Å². The molecule has 0 radical (unpaired) electrons. The standard InChI is InChI=1S/C22H28N4O3.2ClH/c1-14-10-15(2)25(22(28)24-14)9-8-20(27)26-13-17-11-23-12-19(17)21(26)16-4-6-18(29-3)7-5-16;;/h4-7,10,17,19,21,23H,8-9,11-13H2,1-3H3;2*1H/t17-,19-,21+;;/m0../s1. The van der Waals surface area contributed by atoms with Crippen molar-refractivity contribution in [1.82, 2.24) is 19.8 Å². The van der Waals surface area contributed by atoms with Gasteiger partial charge in [-0.3, -0.25) is 9.36 Å². The molecular weight excluding hydrogens is 439 g/mol. The molecule has 1 amide bonds. The van der Waals surface area contributed by atoms with Crippen molar-refractivity contribution in [3.63, 3.8) is 0 Å². The molecule has 0 bridgehead atoms. The Labute approximate surface area is 195 Å². The highest BCUT2D eigenvalue weighted by molar-refractivity contribution is 5.85. The van der Waals surface area contributed by atoms with Crippen LogP contribution < -0.4 is 15.7 Å². The number of nitrogens with one attached hydrogen (secondary N) is 1. The number of hydrogen-bond acceptors (Lipinski definition) is 5. The largest absolute Gasteiger partial charge is 0.497 e. The normalized spacial score (nSPS) is 21.8. The Morgan fingerprint density at radius 2 is 1.90 bits per heavy atom. The van der Waals surface area contributed by atoms with Crippen molar-refractivity contribution in [2.45, 2.75) is 32.9 Å². The van der Waals surface area contributed by atoms with Gasteiger partial charge in [0.25, 0.3) is 0 Å². The smallest absolute Gasteiger partial charge is 0.347 e. The first-order chi connectivity index (χ1) is 14.0. The van der Waals surface area contributed by atoms with Crippen LogP contribution in [0.25, 0.3) is 0 Å². The van der Waals surface area contributed by atoms with Gasteiger partial charge in [0.05, 0.1) is 13.2 Å². The number of benzene rings is 1. The number of nitrogens with zero attached hydrogens (tertiary/aromatic N) is 3. The molecule has 1 aromatic carbocycles. The molecule has 31 heavy (non-hydrogen) atoms. The molecule has 2 fully saturated rings. The molecule has 3 atom stereocenters. The molecule has 9 heteroatoms. The zero-order valence-electron chi connectivity index (χ0n) is 18.0. The Kier molecular flexibility index (Phi) is 8.51. The van der Waals surface area contributed by atoms with Crippen molar-refractivity contribution in [1.29, 1.82) is 0 Å². The number of carbonyl (C=O) groups is 1. The van der Waals surface area contributed by atoms with Crippen LogP contribution in [0.1, 0.15) is 29.4 Å². The summed E-state index contributed by atoms with van der Waals surface area (Å²) in [4.78, 5) is 31.4. The molecule has 0 aliphatic carbocycles. The van der Waals surface area contributed by atoms with Crippen LogP contribution in [-0.4, -0.2) is 47.1 Å². The highest BCUT2D eigenvalue weighted by atomic mass is 35.5. The van der Waals surface area contributed by atoms with Crippen LogP contribution in [0.15, 0.2) is 35.1 Å². The fourth-order valence-electron chi connectivity index (χ4n) is 4.80. The first kappa shape index (κ1) is 25.2. The number of aromatic nitrogens is 2. The Morgan fingerprint density at radius 3 is 2.55 bits per heavy atom. The summed E-state index contributed by atoms with van der Waals surface area (Å²) < 4.78 is 6.87. The average molecular weight is 469 g/mol. The maximum absolute atomic E-state index is 13.2. The molecule has 170 valence electrons. The van der Waals surface area contributed by atoms with Gasteiger partial charge in [-0.1, -0.05) is 12.1 Å². The molecule has 0 unspecified atom stereocenters. The number of halogens is 2. The van der Waals surface area contributed by atoms with Crippen LogP contribution >= 0.6 is 24.8 Å². The van der Waals surface area contributed by atoms with Gasteiger partial charge in [0.2, 0.25) is 5.91 Å². The Morgan fingerprint density at radius 1 is 1.19 bits per heavy atom. The number of likely N-dealkylation sites (tertiary alicyclic amines) is 1. The lowest BCUT2D eigenvalue weighted by molar-refractivity contribution is -0.132. The molecule has 2 aliphatic rings. The summed E-state index contributed by atoms with van der Waals surface area (Å²) in [5.41, 5.74) is 2.39. The second-order valence-corrected chi connectivity index (χ2v) is 8.07. The number of ether oxygens (including phenoxy) is 1.